The van der Waals surface area contributed by atoms with Gasteiger partial charge < -0.3 is 9.84 Å². The molecule has 0 bridgehead atoms. The van der Waals surface area contributed by atoms with Gasteiger partial charge in [-0.15, -0.1) is 11.3 Å². The molecule has 1 aromatic heterocycles. The zero-order valence-corrected chi connectivity index (χ0v) is 12.5. The first kappa shape index (κ1) is 14.8. The molecule has 0 aliphatic carbocycles. The number of carbonyl (C=O) groups excluding carboxylic acids is 1. The lowest BCUT2D eigenvalue weighted by Gasteiger charge is -2.02. The third-order valence-corrected chi connectivity index (χ3v) is 4.41. The maximum absolute atomic E-state index is 12.1. The van der Waals surface area contributed by atoms with Crippen molar-refractivity contribution in [3.63, 3.8) is 0 Å². The number of thiophene rings is 1. The van der Waals surface area contributed by atoms with E-state index in [4.69, 9.17) is 21.4 Å². The number of aliphatic carboxylic acids is 1. The fourth-order valence-corrected chi connectivity index (χ4v) is 3.07. The van der Waals surface area contributed by atoms with Crippen LogP contribution in [0.3, 0.4) is 0 Å². The Hall–Kier alpha value is -1.59. The second-order valence-corrected chi connectivity index (χ2v) is 5.99. The van der Waals surface area contributed by atoms with E-state index >= 15 is 0 Å². The number of methoxy groups -OCH3 is 1. The monoisotopic (exact) mass is 312 g/mol. The first-order valence-electron chi connectivity index (χ1n) is 5.95. The number of fused-ring (bicyclic) bond motifs is 1. The molecular formula is C14H13ClO4S. The van der Waals surface area contributed by atoms with Crippen LogP contribution in [0.25, 0.3) is 10.1 Å². The minimum absolute atomic E-state index is 0.00692. The molecule has 0 unspecified atom stereocenters. The van der Waals surface area contributed by atoms with Gasteiger partial charge in [0.2, 0.25) is 0 Å². The molecule has 1 atom stereocenters. The van der Waals surface area contributed by atoms with Crippen molar-refractivity contribution in [2.45, 2.75) is 13.3 Å². The fourth-order valence-electron chi connectivity index (χ4n) is 1.80. The number of carboxylic acids is 1. The van der Waals surface area contributed by atoms with Crippen LogP contribution >= 0.6 is 22.9 Å². The van der Waals surface area contributed by atoms with E-state index < -0.39 is 11.9 Å². The summed E-state index contributed by atoms with van der Waals surface area (Å²) >= 11 is 7.35. The molecule has 4 nitrogen and oxygen atoms in total. The van der Waals surface area contributed by atoms with E-state index in [-0.39, 0.29) is 12.2 Å². The van der Waals surface area contributed by atoms with Crippen LogP contribution in [-0.2, 0) is 4.79 Å². The van der Waals surface area contributed by atoms with Crippen molar-refractivity contribution in [1.82, 2.24) is 0 Å². The van der Waals surface area contributed by atoms with Gasteiger partial charge in [0, 0.05) is 11.1 Å². The van der Waals surface area contributed by atoms with Crippen LogP contribution in [0, 0.1) is 5.92 Å². The van der Waals surface area contributed by atoms with Crippen molar-refractivity contribution in [2.75, 3.05) is 7.11 Å². The van der Waals surface area contributed by atoms with Crippen LogP contribution in [0.1, 0.15) is 23.0 Å². The largest absolute Gasteiger partial charge is 0.495 e. The molecular weight excluding hydrogens is 300 g/mol. The van der Waals surface area contributed by atoms with Gasteiger partial charge >= 0.3 is 5.97 Å². The Kier molecular flexibility index (Phi) is 4.30. The van der Waals surface area contributed by atoms with Crippen molar-refractivity contribution in [2.24, 2.45) is 5.92 Å². The molecule has 0 aliphatic rings. The standard InChI is InChI=1S/C14H13ClO4S/c1-7(14(17)18)3-10(16)13-5-8-4-9(15)11(19-2)6-12(8)20-13/h4-7H,3H2,1-2H3,(H,17,18)/t7-/m0/s1. The molecule has 0 radical (unpaired) electrons. The third-order valence-electron chi connectivity index (χ3n) is 2.98. The number of carboxylic acid groups (broad SMARTS) is 1. The highest BCUT2D eigenvalue weighted by molar-refractivity contribution is 7.20. The van der Waals surface area contributed by atoms with E-state index in [0.717, 1.165) is 10.1 Å². The van der Waals surface area contributed by atoms with Gasteiger partial charge in [-0.3, -0.25) is 9.59 Å². The Labute approximate surface area is 124 Å². The van der Waals surface area contributed by atoms with E-state index in [9.17, 15) is 9.59 Å². The molecule has 1 heterocycles. The summed E-state index contributed by atoms with van der Waals surface area (Å²) in [5.41, 5.74) is 0. The molecule has 6 heteroatoms. The van der Waals surface area contributed by atoms with Crippen LogP contribution in [0.4, 0.5) is 0 Å². The number of halogens is 1. The normalized spacial score (nSPS) is 12.3. The second kappa shape index (κ2) is 5.81. The fraction of sp³-hybridized carbons (Fsp3) is 0.286. The Morgan fingerprint density at radius 2 is 2.10 bits per heavy atom. The highest BCUT2D eigenvalue weighted by Gasteiger charge is 2.19. The quantitative estimate of drug-likeness (QED) is 0.852. The van der Waals surface area contributed by atoms with Crippen LogP contribution in [-0.4, -0.2) is 24.0 Å². The predicted octanol–water partition coefficient (Wildman–Crippen LogP) is 3.86. The van der Waals surface area contributed by atoms with Gasteiger partial charge in [-0.1, -0.05) is 18.5 Å². The Morgan fingerprint density at radius 1 is 1.40 bits per heavy atom. The van der Waals surface area contributed by atoms with Gasteiger partial charge in [-0.2, -0.15) is 0 Å². The molecule has 1 aromatic carbocycles. The van der Waals surface area contributed by atoms with E-state index in [1.165, 1.54) is 25.4 Å². The predicted molar refractivity (Wildman–Crippen MR) is 79.1 cm³/mol. The van der Waals surface area contributed by atoms with Crippen LogP contribution < -0.4 is 4.74 Å². The number of rotatable bonds is 5. The van der Waals surface area contributed by atoms with Gasteiger partial charge in [0.25, 0.3) is 0 Å². The van der Waals surface area contributed by atoms with Crippen molar-refractivity contribution in [1.29, 1.82) is 0 Å². The summed E-state index contributed by atoms with van der Waals surface area (Å²) in [4.78, 5) is 23.4. The summed E-state index contributed by atoms with van der Waals surface area (Å²) in [6.45, 7) is 1.52. The number of ether oxygens (including phenoxy) is 1. The molecule has 1 N–H and O–H groups in total. The average Bonchev–Trinajstić information content (AvgIpc) is 2.80. The number of hydrogen-bond acceptors (Lipinski definition) is 4. The van der Waals surface area contributed by atoms with Crippen molar-refractivity contribution < 1.29 is 19.4 Å². The van der Waals surface area contributed by atoms with Crippen LogP contribution in [0.2, 0.25) is 5.02 Å². The van der Waals surface area contributed by atoms with Crippen LogP contribution in [0.5, 0.6) is 5.75 Å². The second-order valence-electron chi connectivity index (χ2n) is 4.50. The number of hydrogen-bond donors (Lipinski definition) is 1. The van der Waals surface area contributed by atoms with Gasteiger partial charge in [0.15, 0.2) is 5.78 Å². The number of Topliss-reactive ketones (excluding diaryl/α,β-unsaturated/α-hetero) is 1. The van der Waals surface area contributed by atoms with Crippen molar-refractivity contribution in [3.8, 4) is 5.75 Å². The summed E-state index contributed by atoms with van der Waals surface area (Å²) < 4.78 is 6.02. The molecule has 20 heavy (non-hydrogen) atoms. The Bertz CT molecular complexity index is 677. The Balaban J connectivity index is 2.32. The lowest BCUT2D eigenvalue weighted by molar-refractivity contribution is -0.141. The van der Waals surface area contributed by atoms with Gasteiger partial charge in [0.1, 0.15) is 5.75 Å². The lowest BCUT2D eigenvalue weighted by atomic mass is 10.0. The molecule has 2 aromatic rings. The van der Waals surface area contributed by atoms with E-state index in [0.29, 0.717) is 15.6 Å². The van der Waals surface area contributed by atoms with Crippen molar-refractivity contribution >= 4 is 44.8 Å². The third kappa shape index (κ3) is 2.94. The Morgan fingerprint density at radius 3 is 2.70 bits per heavy atom. The molecule has 0 saturated carbocycles. The van der Waals surface area contributed by atoms with Gasteiger partial charge in [-0.25, -0.2) is 0 Å². The summed E-state index contributed by atoms with van der Waals surface area (Å²) in [5.74, 6) is -1.27. The van der Waals surface area contributed by atoms with Gasteiger partial charge in [0.05, 0.1) is 22.9 Å². The van der Waals surface area contributed by atoms with E-state index in [2.05, 4.69) is 0 Å². The molecule has 0 aliphatic heterocycles. The van der Waals surface area contributed by atoms with Gasteiger partial charge in [-0.05, 0) is 23.6 Å². The molecule has 0 fully saturated rings. The topological polar surface area (TPSA) is 63.6 Å². The van der Waals surface area contributed by atoms with E-state index in [1.54, 1.807) is 18.2 Å². The number of benzene rings is 1. The SMILES string of the molecule is COc1cc2sc(C(=O)C[C@H](C)C(=O)O)cc2cc1Cl. The molecule has 0 saturated heterocycles. The number of carbonyl (C=O) groups is 2. The highest BCUT2D eigenvalue weighted by atomic mass is 35.5. The average molecular weight is 313 g/mol. The smallest absolute Gasteiger partial charge is 0.306 e. The summed E-state index contributed by atoms with van der Waals surface area (Å²) in [6, 6.07) is 5.26. The minimum Gasteiger partial charge on any atom is -0.495 e. The summed E-state index contributed by atoms with van der Waals surface area (Å²) in [7, 11) is 1.53. The highest BCUT2D eigenvalue weighted by Crippen LogP contribution is 2.35. The molecule has 2 rings (SSSR count). The molecule has 0 spiro atoms. The van der Waals surface area contributed by atoms with Crippen LogP contribution in [0.15, 0.2) is 18.2 Å². The maximum atomic E-state index is 12.1. The van der Waals surface area contributed by atoms with E-state index in [1.807, 2.05) is 0 Å². The first-order chi connectivity index (χ1) is 9.42. The lowest BCUT2D eigenvalue weighted by Crippen LogP contribution is -2.13. The summed E-state index contributed by atoms with van der Waals surface area (Å²) in [6.07, 6.45) is -0.00692. The summed E-state index contributed by atoms with van der Waals surface area (Å²) in [5, 5.41) is 10.2. The molecule has 106 valence electrons. The number of ketones is 1. The first-order valence-corrected chi connectivity index (χ1v) is 7.15. The van der Waals surface area contributed by atoms with Crippen molar-refractivity contribution in [3.05, 3.63) is 28.1 Å². The maximum Gasteiger partial charge on any atom is 0.306 e. The zero-order chi connectivity index (χ0) is 14.9. The minimum atomic E-state index is -0.968. The zero-order valence-electron chi connectivity index (χ0n) is 11.0. The molecule has 0 amide bonds.